The molecule has 1 aliphatic heterocycles. The van der Waals surface area contributed by atoms with Gasteiger partial charge in [0.25, 0.3) is 0 Å². The van der Waals surface area contributed by atoms with Gasteiger partial charge in [-0.3, -0.25) is 4.90 Å². The van der Waals surface area contributed by atoms with Crippen molar-refractivity contribution < 1.29 is 19.4 Å². The Balaban J connectivity index is 2.28. The van der Waals surface area contributed by atoms with Gasteiger partial charge in [-0.2, -0.15) is 11.8 Å². The van der Waals surface area contributed by atoms with Crippen molar-refractivity contribution in [1.82, 2.24) is 4.90 Å². The highest BCUT2D eigenvalue weighted by molar-refractivity contribution is 7.98. The molecule has 1 N–H and O–H groups in total. The summed E-state index contributed by atoms with van der Waals surface area (Å²) in [6.07, 6.45) is 1.99. The number of para-hydroxylation sites is 1. The van der Waals surface area contributed by atoms with Crippen LogP contribution in [0.15, 0.2) is 18.2 Å². The van der Waals surface area contributed by atoms with Crippen molar-refractivity contribution in [2.75, 3.05) is 43.7 Å². The van der Waals surface area contributed by atoms with Crippen molar-refractivity contribution in [3.63, 3.8) is 0 Å². The van der Waals surface area contributed by atoms with Gasteiger partial charge in [-0.05, 0) is 18.4 Å². The maximum absolute atomic E-state index is 12.5. The fraction of sp³-hybridized carbons (Fsp3) is 0.429. The van der Waals surface area contributed by atoms with E-state index in [4.69, 9.17) is 4.74 Å². The number of benzene rings is 1. The number of nitrogens with zero attached hydrogens (tertiary/aromatic N) is 2. The van der Waals surface area contributed by atoms with Gasteiger partial charge in [-0.1, -0.05) is 6.07 Å². The highest BCUT2D eigenvalue weighted by Gasteiger charge is 2.28. The molecular weight excluding hydrogens is 292 g/mol. The van der Waals surface area contributed by atoms with Crippen molar-refractivity contribution >= 4 is 29.4 Å². The van der Waals surface area contributed by atoms with Gasteiger partial charge in [0.2, 0.25) is 0 Å². The first kappa shape index (κ1) is 15.5. The number of rotatable bonds is 4. The van der Waals surface area contributed by atoms with E-state index in [1.54, 1.807) is 40.7 Å². The Kier molecular flexibility index (Phi) is 4.95. The Morgan fingerprint density at radius 3 is 2.90 bits per heavy atom. The summed E-state index contributed by atoms with van der Waals surface area (Å²) in [6.45, 7) is 1.35. The summed E-state index contributed by atoms with van der Waals surface area (Å²) < 4.78 is 5.46. The molecule has 0 saturated heterocycles. The lowest BCUT2D eigenvalue weighted by molar-refractivity contribution is 0.0691. The molecule has 1 aliphatic rings. The first-order valence-corrected chi connectivity index (χ1v) is 7.96. The third kappa shape index (κ3) is 3.24. The second kappa shape index (κ2) is 6.71. The number of hydrogen-bond acceptors (Lipinski definition) is 4. The van der Waals surface area contributed by atoms with Crippen LogP contribution in [0.5, 0.6) is 5.75 Å². The van der Waals surface area contributed by atoms with E-state index in [1.165, 1.54) is 6.07 Å². The van der Waals surface area contributed by atoms with Crippen LogP contribution in [0.4, 0.5) is 10.5 Å². The number of amides is 2. The van der Waals surface area contributed by atoms with E-state index in [0.717, 1.165) is 5.75 Å². The molecule has 1 aromatic rings. The number of aromatic carboxylic acids is 1. The Hall–Kier alpha value is -1.89. The number of fused-ring (bicyclic) bond motifs is 1. The largest absolute Gasteiger partial charge is 0.489 e. The zero-order chi connectivity index (χ0) is 15.4. The van der Waals surface area contributed by atoms with E-state index >= 15 is 0 Å². The molecule has 6 nitrogen and oxygen atoms in total. The average molecular weight is 310 g/mol. The molecule has 2 rings (SSSR count). The van der Waals surface area contributed by atoms with Crippen LogP contribution in [0.25, 0.3) is 0 Å². The fourth-order valence-electron chi connectivity index (χ4n) is 2.15. The van der Waals surface area contributed by atoms with Gasteiger partial charge >= 0.3 is 12.0 Å². The summed E-state index contributed by atoms with van der Waals surface area (Å²) in [4.78, 5) is 26.9. The number of carbonyl (C=O) groups is 2. The molecule has 1 heterocycles. The number of hydrogen-bond donors (Lipinski definition) is 1. The van der Waals surface area contributed by atoms with E-state index in [2.05, 4.69) is 0 Å². The monoisotopic (exact) mass is 310 g/mol. The van der Waals surface area contributed by atoms with Crippen LogP contribution >= 0.6 is 11.8 Å². The molecule has 0 aliphatic carbocycles. The van der Waals surface area contributed by atoms with E-state index in [0.29, 0.717) is 25.4 Å². The first-order chi connectivity index (χ1) is 10.1. The van der Waals surface area contributed by atoms with Crippen molar-refractivity contribution in [3.8, 4) is 5.75 Å². The zero-order valence-corrected chi connectivity index (χ0v) is 12.9. The molecule has 0 unspecified atom stereocenters. The van der Waals surface area contributed by atoms with Crippen LogP contribution < -0.4 is 9.64 Å². The van der Waals surface area contributed by atoms with Gasteiger partial charge in [0.15, 0.2) is 5.75 Å². The minimum absolute atomic E-state index is 0.0803. The minimum atomic E-state index is -1.06. The predicted octanol–water partition coefficient (Wildman–Crippen LogP) is 2.00. The summed E-state index contributed by atoms with van der Waals surface area (Å²) in [5.74, 6) is 0.0639. The maximum Gasteiger partial charge on any atom is 0.339 e. The highest BCUT2D eigenvalue weighted by Crippen LogP contribution is 2.35. The lowest BCUT2D eigenvalue weighted by atomic mass is 10.1. The lowest BCUT2D eigenvalue weighted by Gasteiger charge is -2.33. The molecule has 114 valence electrons. The van der Waals surface area contributed by atoms with Gasteiger partial charge in [0, 0.05) is 19.3 Å². The van der Waals surface area contributed by atoms with Gasteiger partial charge in [0.05, 0.1) is 12.2 Å². The summed E-state index contributed by atoms with van der Waals surface area (Å²) in [6, 6.07) is 4.67. The quantitative estimate of drug-likeness (QED) is 0.921. The topological polar surface area (TPSA) is 70.1 Å². The van der Waals surface area contributed by atoms with E-state index in [1.807, 2.05) is 6.26 Å². The fourth-order valence-corrected chi connectivity index (χ4v) is 2.60. The number of ether oxygens (including phenoxy) is 1. The molecule has 0 radical (unpaired) electrons. The Labute approximate surface area is 127 Å². The summed E-state index contributed by atoms with van der Waals surface area (Å²) in [5, 5.41) is 9.19. The normalized spacial score (nSPS) is 13.3. The minimum Gasteiger partial charge on any atom is -0.489 e. The Morgan fingerprint density at radius 2 is 2.24 bits per heavy atom. The maximum atomic E-state index is 12.5. The van der Waals surface area contributed by atoms with E-state index in [9.17, 15) is 14.7 Å². The SMILES string of the molecule is CSCCN(C)C(=O)N1CCOc2c(C(=O)O)cccc21. The molecule has 21 heavy (non-hydrogen) atoms. The van der Waals surface area contributed by atoms with E-state index in [-0.39, 0.29) is 17.3 Å². The summed E-state index contributed by atoms with van der Waals surface area (Å²) in [7, 11) is 1.74. The Bertz CT molecular complexity index is 550. The van der Waals surface area contributed by atoms with Gasteiger partial charge in [0.1, 0.15) is 12.2 Å². The first-order valence-electron chi connectivity index (χ1n) is 6.57. The number of anilines is 1. The van der Waals surface area contributed by atoms with Gasteiger partial charge in [-0.25, -0.2) is 9.59 Å². The Morgan fingerprint density at radius 1 is 1.48 bits per heavy atom. The van der Waals surface area contributed by atoms with Crippen molar-refractivity contribution in [3.05, 3.63) is 23.8 Å². The van der Waals surface area contributed by atoms with Gasteiger partial charge < -0.3 is 14.7 Å². The van der Waals surface area contributed by atoms with Gasteiger partial charge in [-0.15, -0.1) is 0 Å². The van der Waals surface area contributed by atoms with Crippen molar-refractivity contribution in [2.45, 2.75) is 0 Å². The van der Waals surface area contributed by atoms with E-state index < -0.39 is 5.97 Å². The lowest BCUT2D eigenvalue weighted by Crippen LogP contribution is -2.46. The number of carboxylic acids is 1. The predicted molar refractivity (Wildman–Crippen MR) is 82.7 cm³/mol. The molecule has 2 amide bonds. The smallest absolute Gasteiger partial charge is 0.339 e. The van der Waals surface area contributed by atoms with Crippen LogP contribution in [0.2, 0.25) is 0 Å². The zero-order valence-electron chi connectivity index (χ0n) is 12.0. The second-order valence-electron chi connectivity index (χ2n) is 4.66. The summed E-state index contributed by atoms with van der Waals surface area (Å²) in [5.41, 5.74) is 0.596. The molecule has 7 heteroatoms. The number of carbonyl (C=O) groups excluding carboxylic acids is 1. The molecule has 0 spiro atoms. The second-order valence-corrected chi connectivity index (χ2v) is 5.64. The third-order valence-electron chi connectivity index (χ3n) is 3.27. The molecule has 0 fully saturated rings. The van der Waals surface area contributed by atoms with Crippen LogP contribution in [-0.4, -0.2) is 60.8 Å². The van der Waals surface area contributed by atoms with Crippen LogP contribution in [0.3, 0.4) is 0 Å². The van der Waals surface area contributed by atoms with Crippen molar-refractivity contribution in [1.29, 1.82) is 0 Å². The molecule has 0 saturated carbocycles. The highest BCUT2D eigenvalue weighted by atomic mass is 32.2. The molecule has 0 aromatic heterocycles. The third-order valence-corrected chi connectivity index (χ3v) is 3.86. The van der Waals surface area contributed by atoms with Crippen LogP contribution in [-0.2, 0) is 0 Å². The van der Waals surface area contributed by atoms with Crippen LogP contribution in [0.1, 0.15) is 10.4 Å². The number of carboxylic acid groups (broad SMARTS) is 1. The molecule has 0 atom stereocenters. The van der Waals surface area contributed by atoms with Crippen molar-refractivity contribution in [2.24, 2.45) is 0 Å². The number of urea groups is 1. The molecular formula is C14H18N2O4S. The molecule has 1 aromatic carbocycles. The van der Waals surface area contributed by atoms with Crippen LogP contribution in [0, 0.1) is 0 Å². The average Bonchev–Trinajstić information content (AvgIpc) is 2.50. The molecule has 0 bridgehead atoms. The summed E-state index contributed by atoms with van der Waals surface area (Å²) >= 11 is 1.67. The standard InChI is InChI=1S/C14H18N2O4S/c1-15(7-9-21-2)14(19)16-6-8-20-12-10(13(17)18)4-3-5-11(12)16/h3-5H,6-9H2,1-2H3,(H,17,18). The number of thioether (sulfide) groups is 1.